The molecule has 2 aromatic rings. The molecular formula is C15H12BrFN2O. The lowest BCUT2D eigenvalue weighted by atomic mass is 10.1. The van der Waals surface area contributed by atoms with Gasteiger partial charge in [0.05, 0.1) is 6.21 Å². The molecule has 0 heterocycles. The van der Waals surface area contributed by atoms with E-state index in [-0.39, 0.29) is 5.91 Å². The van der Waals surface area contributed by atoms with Crippen LogP contribution in [0.3, 0.4) is 0 Å². The van der Waals surface area contributed by atoms with Crippen molar-refractivity contribution in [2.24, 2.45) is 5.10 Å². The van der Waals surface area contributed by atoms with Crippen molar-refractivity contribution in [1.29, 1.82) is 0 Å². The van der Waals surface area contributed by atoms with Crippen molar-refractivity contribution in [2.45, 2.75) is 6.92 Å². The Morgan fingerprint density at radius 1 is 1.25 bits per heavy atom. The van der Waals surface area contributed by atoms with Crippen LogP contribution < -0.4 is 5.43 Å². The van der Waals surface area contributed by atoms with Gasteiger partial charge in [0.2, 0.25) is 0 Å². The molecule has 0 bridgehead atoms. The maximum absolute atomic E-state index is 13.4. The highest BCUT2D eigenvalue weighted by Crippen LogP contribution is 2.13. The van der Waals surface area contributed by atoms with E-state index in [1.807, 2.05) is 19.1 Å². The Labute approximate surface area is 124 Å². The quantitative estimate of drug-likeness (QED) is 0.675. The average molecular weight is 335 g/mol. The monoisotopic (exact) mass is 334 g/mol. The van der Waals surface area contributed by atoms with Crippen molar-refractivity contribution in [1.82, 2.24) is 5.43 Å². The van der Waals surface area contributed by atoms with Gasteiger partial charge in [-0.1, -0.05) is 33.6 Å². The first-order valence-corrected chi connectivity index (χ1v) is 6.70. The third-order valence-electron chi connectivity index (χ3n) is 2.64. The molecule has 2 rings (SSSR count). The van der Waals surface area contributed by atoms with Gasteiger partial charge in [-0.05, 0) is 37.3 Å². The summed E-state index contributed by atoms with van der Waals surface area (Å²) < 4.78 is 14.2. The van der Waals surface area contributed by atoms with Gasteiger partial charge in [0.15, 0.2) is 0 Å². The van der Waals surface area contributed by atoms with Crippen LogP contribution in [0.2, 0.25) is 0 Å². The topological polar surface area (TPSA) is 41.5 Å². The Hall–Kier alpha value is -2.01. The Bertz CT molecular complexity index is 653. The van der Waals surface area contributed by atoms with Crippen molar-refractivity contribution in [3.63, 3.8) is 0 Å². The summed E-state index contributed by atoms with van der Waals surface area (Å²) in [6, 6.07) is 11.6. The summed E-state index contributed by atoms with van der Waals surface area (Å²) >= 11 is 3.24. The summed E-state index contributed by atoms with van der Waals surface area (Å²) in [6.45, 7) is 1.94. The molecule has 0 unspecified atom stereocenters. The first-order valence-electron chi connectivity index (χ1n) is 5.91. The Morgan fingerprint density at radius 3 is 2.65 bits per heavy atom. The molecule has 0 aliphatic heterocycles. The Balaban J connectivity index is 2.04. The highest BCUT2D eigenvalue weighted by Gasteiger charge is 2.03. The number of hydrogen-bond acceptors (Lipinski definition) is 2. The number of halogens is 2. The third-order valence-corrected chi connectivity index (χ3v) is 3.13. The van der Waals surface area contributed by atoms with Crippen LogP contribution in [0.1, 0.15) is 21.5 Å². The van der Waals surface area contributed by atoms with Crippen molar-refractivity contribution in [2.75, 3.05) is 0 Å². The number of nitrogens with zero attached hydrogens (tertiary/aromatic N) is 1. The fourth-order valence-corrected chi connectivity index (χ4v) is 1.92. The third kappa shape index (κ3) is 3.74. The molecule has 0 atom stereocenters. The fraction of sp³-hybridized carbons (Fsp3) is 0.0667. The number of amides is 1. The number of aryl methyl sites for hydroxylation is 1. The van der Waals surface area contributed by atoms with Crippen molar-refractivity contribution < 1.29 is 9.18 Å². The van der Waals surface area contributed by atoms with E-state index in [4.69, 9.17) is 0 Å². The van der Waals surface area contributed by atoms with Gasteiger partial charge in [0.1, 0.15) is 5.82 Å². The minimum atomic E-state index is -0.401. The lowest BCUT2D eigenvalue weighted by molar-refractivity contribution is 0.0955. The Kier molecular flexibility index (Phi) is 4.63. The van der Waals surface area contributed by atoms with Gasteiger partial charge in [0, 0.05) is 15.6 Å². The summed E-state index contributed by atoms with van der Waals surface area (Å²) in [5.41, 5.74) is 4.23. The van der Waals surface area contributed by atoms with E-state index >= 15 is 0 Å². The molecule has 1 N–H and O–H groups in total. The van der Waals surface area contributed by atoms with E-state index in [1.165, 1.54) is 12.3 Å². The molecule has 2 aromatic carbocycles. The number of nitrogens with one attached hydrogen (secondary N) is 1. The highest BCUT2D eigenvalue weighted by atomic mass is 79.9. The van der Waals surface area contributed by atoms with E-state index < -0.39 is 5.82 Å². The zero-order chi connectivity index (χ0) is 14.5. The van der Waals surface area contributed by atoms with Crippen molar-refractivity contribution in [3.05, 3.63) is 69.4 Å². The number of rotatable bonds is 3. The molecule has 0 fully saturated rings. The second-order valence-corrected chi connectivity index (χ2v) is 5.15. The van der Waals surface area contributed by atoms with E-state index in [0.29, 0.717) is 11.1 Å². The van der Waals surface area contributed by atoms with Crippen LogP contribution in [0.5, 0.6) is 0 Å². The minimum absolute atomic E-state index is 0.295. The number of benzene rings is 2. The van der Waals surface area contributed by atoms with Crippen LogP contribution in [0.25, 0.3) is 0 Å². The molecule has 0 aliphatic carbocycles. The molecule has 3 nitrogen and oxygen atoms in total. The minimum Gasteiger partial charge on any atom is -0.267 e. The van der Waals surface area contributed by atoms with Crippen molar-refractivity contribution in [3.8, 4) is 0 Å². The SMILES string of the molecule is Cc1ccc(C(=O)N/N=C\c2cc(Br)ccc2F)cc1. The van der Waals surface area contributed by atoms with E-state index in [1.54, 1.807) is 24.3 Å². The van der Waals surface area contributed by atoms with Crippen LogP contribution in [0.4, 0.5) is 4.39 Å². The molecule has 20 heavy (non-hydrogen) atoms. The average Bonchev–Trinajstić information content (AvgIpc) is 2.43. The lowest BCUT2D eigenvalue weighted by Crippen LogP contribution is -2.17. The summed E-state index contributed by atoms with van der Waals surface area (Å²) in [6.07, 6.45) is 1.27. The van der Waals surface area contributed by atoms with Gasteiger partial charge in [-0.15, -0.1) is 0 Å². The summed E-state index contributed by atoms with van der Waals surface area (Å²) in [4.78, 5) is 11.8. The molecule has 0 saturated carbocycles. The predicted octanol–water partition coefficient (Wildman–Crippen LogP) is 3.66. The number of hydrazone groups is 1. The highest BCUT2D eigenvalue weighted by molar-refractivity contribution is 9.10. The lowest BCUT2D eigenvalue weighted by Gasteiger charge is -2.01. The predicted molar refractivity (Wildman–Crippen MR) is 80.3 cm³/mol. The molecule has 0 aromatic heterocycles. The summed E-state index contributed by atoms with van der Waals surface area (Å²) in [5.74, 6) is -0.738. The smallest absolute Gasteiger partial charge is 0.267 e. The number of carbonyl (C=O) groups excluding carboxylic acids is 1. The van der Waals surface area contributed by atoms with Crippen LogP contribution in [0, 0.1) is 12.7 Å². The zero-order valence-corrected chi connectivity index (χ0v) is 12.3. The zero-order valence-electron chi connectivity index (χ0n) is 10.7. The second kappa shape index (κ2) is 6.43. The van der Waals surface area contributed by atoms with Gasteiger partial charge < -0.3 is 0 Å². The van der Waals surface area contributed by atoms with E-state index in [9.17, 15) is 9.18 Å². The van der Waals surface area contributed by atoms with Gasteiger partial charge in [-0.2, -0.15) is 5.10 Å². The summed E-state index contributed by atoms with van der Waals surface area (Å²) in [7, 11) is 0. The molecule has 0 spiro atoms. The second-order valence-electron chi connectivity index (χ2n) is 4.23. The van der Waals surface area contributed by atoms with Gasteiger partial charge in [0.25, 0.3) is 5.91 Å². The van der Waals surface area contributed by atoms with Crippen LogP contribution in [-0.2, 0) is 0 Å². The molecule has 0 aliphatic rings. The maximum Gasteiger partial charge on any atom is 0.271 e. The maximum atomic E-state index is 13.4. The van der Waals surface area contributed by atoms with Crippen LogP contribution in [-0.4, -0.2) is 12.1 Å². The van der Waals surface area contributed by atoms with Gasteiger partial charge in [-0.3, -0.25) is 4.79 Å². The standard InChI is InChI=1S/C15H12BrFN2O/c1-10-2-4-11(5-3-10)15(20)19-18-9-12-8-13(16)6-7-14(12)17/h2-9H,1H3,(H,19,20)/b18-9-. The van der Waals surface area contributed by atoms with Crippen LogP contribution >= 0.6 is 15.9 Å². The fourth-order valence-electron chi connectivity index (χ4n) is 1.54. The van der Waals surface area contributed by atoms with Crippen molar-refractivity contribution >= 4 is 28.1 Å². The van der Waals surface area contributed by atoms with Crippen LogP contribution in [0.15, 0.2) is 52.0 Å². The number of carbonyl (C=O) groups is 1. The molecule has 0 radical (unpaired) electrons. The van der Waals surface area contributed by atoms with E-state index in [0.717, 1.165) is 10.0 Å². The molecule has 1 amide bonds. The first-order chi connectivity index (χ1) is 9.56. The van der Waals surface area contributed by atoms with E-state index in [2.05, 4.69) is 26.5 Å². The molecule has 102 valence electrons. The van der Waals surface area contributed by atoms with Gasteiger partial charge >= 0.3 is 0 Å². The molecule has 0 saturated heterocycles. The first kappa shape index (κ1) is 14.4. The summed E-state index contributed by atoms with van der Waals surface area (Å²) in [5, 5.41) is 3.76. The largest absolute Gasteiger partial charge is 0.271 e. The number of hydrogen-bond donors (Lipinski definition) is 1. The molecular weight excluding hydrogens is 323 g/mol. The van der Waals surface area contributed by atoms with Gasteiger partial charge in [-0.25, -0.2) is 9.82 Å². The normalized spacial score (nSPS) is 10.8. The Morgan fingerprint density at radius 2 is 1.95 bits per heavy atom. The molecule has 5 heteroatoms.